The quantitative estimate of drug-likeness (QED) is 0.152. The lowest BCUT2D eigenvalue weighted by molar-refractivity contribution is -0.314. The molecule has 3 aliphatic carbocycles. The Bertz CT molecular complexity index is 1620. The molecule has 59 heavy (non-hydrogen) atoms. The van der Waals surface area contributed by atoms with Crippen molar-refractivity contribution in [1.82, 2.24) is 9.88 Å². The van der Waals surface area contributed by atoms with Crippen LogP contribution in [-0.2, 0) is 47.5 Å². The van der Waals surface area contributed by atoms with Crippen LogP contribution in [0.2, 0.25) is 0 Å². The molecule has 6 aliphatic rings. The van der Waals surface area contributed by atoms with Gasteiger partial charge >= 0.3 is 5.97 Å². The summed E-state index contributed by atoms with van der Waals surface area (Å²) in [4.78, 5) is 37.9. The van der Waals surface area contributed by atoms with Crippen molar-refractivity contribution < 1.29 is 47.5 Å². The number of Topliss-reactive ketones (excluding diaryl/α,β-unsaturated/α-hetero) is 1. The maximum absolute atomic E-state index is 15.1. The Morgan fingerprint density at radius 1 is 0.898 bits per heavy atom. The highest BCUT2D eigenvalue weighted by Crippen LogP contribution is 2.63. The Hall–Kier alpha value is -1.46. The number of rotatable bonds is 12. The zero-order valence-electron chi connectivity index (χ0n) is 37.0. The number of ether oxygens (including phenoxy) is 8. The number of hydrogen-bond acceptors (Lipinski definition) is 14. The van der Waals surface area contributed by atoms with Gasteiger partial charge in [0.1, 0.15) is 28.8 Å². The largest absolute Gasteiger partial charge is 0.462 e. The third kappa shape index (κ3) is 9.43. The number of allylic oxidation sites excluding steroid dienone is 2. The highest BCUT2D eigenvalue weighted by Gasteiger charge is 2.57. The summed E-state index contributed by atoms with van der Waals surface area (Å²) in [7, 11) is 9.19. The molecule has 0 bridgehead atoms. The number of carbonyl (C=O) groups is 2. The molecule has 1 saturated carbocycles. The molecular formula is C45H70N2O10S2. The lowest BCUT2D eigenvalue weighted by Gasteiger charge is -2.44. The maximum atomic E-state index is 15.1. The molecule has 4 heterocycles. The third-order valence-electron chi connectivity index (χ3n) is 14.3. The Kier molecular flexibility index (Phi) is 15.4. The zero-order valence-corrected chi connectivity index (χ0v) is 38.6. The lowest BCUT2D eigenvalue weighted by atomic mass is 9.67. The molecule has 12 nitrogen and oxygen atoms in total. The molecule has 0 radical (unpaired) electrons. The van der Waals surface area contributed by atoms with Gasteiger partial charge in [-0.25, -0.2) is 4.98 Å². The first-order valence-corrected chi connectivity index (χ1v) is 24.2. The lowest BCUT2D eigenvalue weighted by Crippen LogP contribution is -2.59. The summed E-state index contributed by atoms with van der Waals surface area (Å²) in [6.07, 6.45) is 6.76. The van der Waals surface area contributed by atoms with E-state index in [0.717, 1.165) is 72.7 Å². The van der Waals surface area contributed by atoms with Gasteiger partial charge in [-0.3, -0.25) is 9.59 Å². The smallest absolute Gasteiger partial charge is 0.306 e. The topological polar surface area (TPSA) is 124 Å². The number of fused-ring (bicyclic) bond motifs is 8. The fraction of sp³-hybridized carbons (Fsp3) is 0.844. The molecule has 7 rings (SSSR count). The second-order valence-corrected chi connectivity index (χ2v) is 20.5. The first kappa shape index (κ1) is 45.6. The molecule has 14 heteroatoms. The molecule has 332 valence electrons. The van der Waals surface area contributed by atoms with E-state index in [9.17, 15) is 4.79 Å². The van der Waals surface area contributed by atoms with E-state index < -0.39 is 18.3 Å². The molecule has 17 atom stereocenters. The van der Waals surface area contributed by atoms with Crippen molar-refractivity contribution in [3.63, 3.8) is 0 Å². The van der Waals surface area contributed by atoms with Crippen molar-refractivity contribution >= 4 is 34.9 Å². The van der Waals surface area contributed by atoms with E-state index in [-0.39, 0.29) is 96.8 Å². The number of hydrogen-bond donors (Lipinski definition) is 0. The van der Waals surface area contributed by atoms with Crippen molar-refractivity contribution in [2.45, 2.75) is 182 Å². The van der Waals surface area contributed by atoms with Gasteiger partial charge in [0.15, 0.2) is 18.4 Å². The Morgan fingerprint density at radius 3 is 2.34 bits per heavy atom. The Morgan fingerprint density at radius 2 is 1.66 bits per heavy atom. The fourth-order valence-electron chi connectivity index (χ4n) is 11.3. The van der Waals surface area contributed by atoms with Crippen molar-refractivity contribution in [3.8, 4) is 0 Å². The minimum absolute atomic E-state index is 0.0159. The summed E-state index contributed by atoms with van der Waals surface area (Å²) in [5.74, 6) is 0.365. The second kappa shape index (κ2) is 19.9. The first-order chi connectivity index (χ1) is 28.4. The van der Waals surface area contributed by atoms with E-state index in [0.29, 0.717) is 12.5 Å². The molecule has 0 spiro atoms. The highest BCUT2D eigenvalue weighted by molar-refractivity contribution is 8.01. The molecule has 3 saturated heterocycles. The van der Waals surface area contributed by atoms with Crippen LogP contribution in [0.5, 0.6) is 0 Å². The van der Waals surface area contributed by atoms with Crippen molar-refractivity contribution in [1.29, 1.82) is 0 Å². The first-order valence-electron chi connectivity index (χ1n) is 22.4. The second-order valence-electron chi connectivity index (χ2n) is 18.1. The summed E-state index contributed by atoms with van der Waals surface area (Å²) < 4.78 is 51.5. The van der Waals surface area contributed by atoms with Crippen LogP contribution >= 0.6 is 23.1 Å². The molecule has 0 aromatic carbocycles. The normalized spacial score (nSPS) is 41.6. The maximum Gasteiger partial charge on any atom is 0.306 e. The standard InChI is InChI=1S/C45H70N2O10S2/c1-11-18-58-45-46-38-37-29(28-19-27(20-32(28)43(38)59-45)56-44-42(52-10)41(51-9)40(50-8)25(5)54-44)21-31-30(37)22-35(48)55-26(12-2)14-13-15-34(23(3)39(31)49)57-36-17-16-33(47(6)7)24(4)53-36/h21,23-30,32-34,36-37,40-42,44H,11-20,22H2,1-10H3/t23-,24?,25?,26+,27+,28+,29+,30-,32-,33+,34+,36+,37-,40+,41?,42?,44+/m1/s1. The van der Waals surface area contributed by atoms with Crippen LogP contribution in [0.4, 0.5) is 0 Å². The van der Waals surface area contributed by atoms with Crippen LogP contribution in [0.1, 0.15) is 121 Å². The van der Waals surface area contributed by atoms with Crippen LogP contribution in [0.15, 0.2) is 16.0 Å². The number of cyclic esters (lactones) is 1. The van der Waals surface area contributed by atoms with Gasteiger partial charge in [0, 0.05) is 61.7 Å². The van der Waals surface area contributed by atoms with E-state index in [1.165, 1.54) is 4.88 Å². The predicted octanol–water partition coefficient (Wildman–Crippen LogP) is 7.52. The highest BCUT2D eigenvalue weighted by atomic mass is 32.2. The van der Waals surface area contributed by atoms with Gasteiger partial charge in [0.05, 0.1) is 36.5 Å². The van der Waals surface area contributed by atoms with Crippen LogP contribution in [0.25, 0.3) is 0 Å². The molecule has 4 unspecified atom stereocenters. The number of carbonyl (C=O) groups excluding carboxylic acids is 2. The van der Waals surface area contributed by atoms with E-state index >= 15 is 4.79 Å². The van der Waals surface area contributed by atoms with Crippen molar-refractivity contribution in [2.24, 2.45) is 23.7 Å². The number of esters is 1. The molecule has 3 aliphatic heterocycles. The average Bonchev–Trinajstić information content (AvgIpc) is 3.93. The van der Waals surface area contributed by atoms with Crippen LogP contribution in [0, 0.1) is 23.7 Å². The third-order valence-corrected chi connectivity index (χ3v) is 16.9. The Balaban J connectivity index is 1.20. The Labute approximate surface area is 360 Å². The van der Waals surface area contributed by atoms with Crippen molar-refractivity contribution in [2.75, 3.05) is 41.2 Å². The summed E-state index contributed by atoms with van der Waals surface area (Å²) in [6, 6.07) is 0.323. The number of aromatic nitrogens is 1. The average molecular weight is 863 g/mol. The monoisotopic (exact) mass is 862 g/mol. The molecule has 0 N–H and O–H groups in total. The van der Waals surface area contributed by atoms with Gasteiger partial charge < -0.3 is 42.8 Å². The zero-order chi connectivity index (χ0) is 42.1. The van der Waals surface area contributed by atoms with Crippen molar-refractivity contribution in [3.05, 3.63) is 22.2 Å². The molecule has 0 amide bonds. The number of ketones is 1. The number of thiazole rings is 1. The minimum atomic E-state index is -0.633. The molecule has 1 aromatic rings. The van der Waals surface area contributed by atoms with Gasteiger partial charge in [-0.2, -0.15) is 0 Å². The van der Waals surface area contributed by atoms with E-state index in [1.54, 1.807) is 44.4 Å². The molecular weight excluding hydrogens is 793 g/mol. The molecule has 4 fully saturated rings. The summed E-state index contributed by atoms with van der Waals surface area (Å²) in [5, 5.41) is 0. The minimum Gasteiger partial charge on any atom is -0.462 e. The van der Waals surface area contributed by atoms with Gasteiger partial charge in [0.25, 0.3) is 0 Å². The predicted molar refractivity (Wildman–Crippen MR) is 227 cm³/mol. The SMILES string of the molecule is CCCSc1nc2c(s1)[C@@H]1C[C@@H](O[C@@H]3OC(C)[C@H](OC)C(OC)C3OC)C[C@H]1[C@@H]1C=C3C(=O)[C@H](C)[C@@H](O[C@H]4CC[C@H](N(C)C)C(C)O4)CCC[C@H](CC)OC(=O)C[C@H]3[C@H]21. The molecule has 1 aromatic heterocycles. The summed E-state index contributed by atoms with van der Waals surface area (Å²) >= 11 is 3.59. The number of likely N-dealkylation sites (N-methyl/N-ethyl adjacent to an activating group) is 1. The fourth-order valence-corrected chi connectivity index (χ4v) is 13.6. The number of nitrogens with zero attached hydrogens (tertiary/aromatic N) is 2. The number of thioether (sulfide) groups is 1. The number of methoxy groups -OCH3 is 3. The van der Waals surface area contributed by atoms with E-state index in [1.807, 2.05) is 13.8 Å². The van der Waals surface area contributed by atoms with E-state index in [4.69, 9.17) is 42.9 Å². The van der Waals surface area contributed by atoms with E-state index in [2.05, 4.69) is 45.8 Å². The van der Waals surface area contributed by atoms with Gasteiger partial charge in [-0.05, 0) is 103 Å². The van der Waals surface area contributed by atoms with Gasteiger partial charge in [0.2, 0.25) is 0 Å². The van der Waals surface area contributed by atoms with Gasteiger partial charge in [-0.15, -0.1) is 11.3 Å². The van der Waals surface area contributed by atoms with Crippen LogP contribution in [-0.4, -0.2) is 130 Å². The van der Waals surface area contributed by atoms with Crippen LogP contribution < -0.4 is 0 Å². The van der Waals surface area contributed by atoms with Gasteiger partial charge in [-0.1, -0.05) is 38.6 Å². The summed E-state index contributed by atoms with van der Waals surface area (Å²) in [5.41, 5.74) is 1.79. The van der Waals surface area contributed by atoms with Crippen LogP contribution in [0.3, 0.4) is 0 Å². The summed E-state index contributed by atoms with van der Waals surface area (Å²) in [6.45, 7) is 10.4.